The Bertz CT molecular complexity index is 910. The number of nitrogens with zero attached hydrogens (tertiary/aromatic N) is 4. The van der Waals surface area contributed by atoms with Crippen molar-refractivity contribution in [2.75, 3.05) is 31.6 Å². The number of halogens is 1. The third-order valence-corrected chi connectivity index (χ3v) is 5.09. The van der Waals surface area contributed by atoms with Gasteiger partial charge in [0.15, 0.2) is 11.5 Å². The predicted molar refractivity (Wildman–Crippen MR) is 106 cm³/mol. The van der Waals surface area contributed by atoms with Crippen molar-refractivity contribution in [3.05, 3.63) is 47.5 Å². The van der Waals surface area contributed by atoms with Crippen LogP contribution in [-0.4, -0.2) is 56.7 Å². The maximum absolute atomic E-state index is 6.10. The molecule has 0 saturated carbocycles. The molecule has 3 aromatic rings. The predicted octanol–water partition coefficient (Wildman–Crippen LogP) is 3.27. The van der Waals surface area contributed by atoms with Crippen molar-refractivity contribution < 1.29 is 4.74 Å². The third kappa shape index (κ3) is 4.05. The molecule has 0 radical (unpaired) electrons. The van der Waals surface area contributed by atoms with Gasteiger partial charge >= 0.3 is 0 Å². The molecule has 2 N–H and O–H groups in total. The van der Waals surface area contributed by atoms with Crippen molar-refractivity contribution in [2.24, 2.45) is 0 Å². The number of hydrogen-bond acceptors (Lipinski definition) is 6. The fraction of sp³-hybridized carbons (Fsp3) is 0.421. The van der Waals surface area contributed by atoms with Crippen LogP contribution < -0.4 is 5.32 Å². The number of fused-ring (bicyclic) bond motifs is 1. The lowest BCUT2D eigenvalue weighted by atomic mass is 10.0. The van der Waals surface area contributed by atoms with E-state index in [9.17, 15) is 0 Å². The number of aromatic amines is 1. The fourth-order valence-corrected chi connectivity index (χ4v) is 3.68. The maximum Gasteiger partial charge on any atom is 0.182 e. The number of aromatic nitrogens is 4. The average molecular weight is 387 g/mol. The number of anilines is 1. The van der Waals surface area contributed by atoms with E-state index >= 15 is 0 Å². The highest BCUT2D eigenvalue weighted by Gasteiger charge is 2.32. The first-order chi connectivity index (χ1) is 13.0. The van der Waals surface area contributed by atoms with Crippen LogP contribution in [-0.2, 0) is 4.74 Å². The van der Waals surface area contributed by atoms with E-state index in [0.717, 1.165) is 36.1 Å². The molecule has 1 aliphatic rings. The Morgan fingerprint density at radius 2 is 2.07 bits per heavy atom. The highest BCUT2D eigenvalue weighted by molar-refractivity contribution is 6.30. The summed E-state index contributed by atoms with van der Waals surface area (Å²) in [6, 6.07) is 8.21. The Labute approximate surface area is 163 Å². The zero-order valence-corrected chi connectivity index (χ0v) is 16.2. The number of rotatable bonds is 5. The van der Waals surface area contributed by atoms with Crippen LogP contribution >= 0.6 is 11.6 Å². The lowest BCUT2D eigenvalue weighted by Crippen LogP contribution is -2.50. The number of nitrogens with one attached hydrogen (secondary N) is 2. The summed E-state index contributed by atoms with van der Waals surface area (Å²) in [7, 11) is 0. The summed E-state index contributed by atoms with van der Waals surface area (Å²) < 4.78 is 5.89. The highest BCUT2D eigenvalue weighted by Crippen LogP contribution is 2.28. The minimum absolute atomic E-state index is 0.165. The van der Waals surface area contributed by atoms with Crippen molar-refractivity contribution in [3.8, 4) is 0 Å². The van der Waals surface area contributed by atoms with Gasteiger partial charge in [-0.2, -0.15) is 0 Å². The van der Waals surface area contributed by atoms with Crippen molar-refractivity contribution in [1.82, 2.24) is 24.8 Å². The largest absolute Gasteiger partial charge is 0.373 e. The third-order valence-electron chi connectivity index (χ3n) is 4.84. The summed E-state index contributed by atoms with van der Waals surface area (Å²) in [5, 5.41) is 4.21. The van der Waals surface area contributed by atoms with E-state index in [1.54, 1.807) is 6.33 Å². The number of morpholine rings is 1. The van der Waals surface area contributed by atoms with Crippen LogP contribution in [0.5, 0.6) is 0 Å². The van der Waals surface area contributed by atoms with Gasteiger partial charge in [-0.15, -0.1) is 0 Å². The first-order valence-corrected chi connectivity index (χ1v) is 9.41. The molecule has 0 bridgehead atoms. The van der Waals surface area contributed by atoms with E-state index in [1.807, 2.05) is 12.1 Å². The normalized spacial score (nSPS) is 18.5. The number of imidazole rings is 1. The van der Waals surface area contributed by atoms with Crippen molar-refractivity contribution >= 4 is 28.6 Å². The molecule has 8 heteroatoms. The van der Waals surface area contributed by atoms with Gasteiger partial charge in [-0.1, -0.05) is 23.7 Å². The Kier molecular flexibility index (Phi) is 4.99. The van der Waals surface area contributed by atoms with Crippen LogP contribution in [0.2, 0.25) is 5.02 Å². The molecule has 2 aromatic heterocycles. The number of ether oxygens (including phenoxy) is 1. The van der Waals surface area contributed by atoms with E-state index in [2.05, 4.69) is 56.1 Å². The van der Waals surface area contributed by atoms with Gasteiger partial charge < -0.3 is 15.0 Å². The molecular formula is C19H23ClN6O. The van der Waals surface area contributed by atoms with Crippen molar-refractivity contribution in [2.45, 2.75) is 25.5 Å². The molecule has 1 unspecified atom stereocenters. The second-order valence-electron chi connectivity index (χ2n) is 7.35. The lowest BCUT2D eigenvalue weighted by molar-refractivity contribution is -0.0963. The molecular weight excluding hydrogens is 364 g/mol. The number of benzene rings is 1. The summed E-state index contributed by atoms with van der Waals surface area (Å²) in [4.78, 5) is 18.3. The van der Waals surface area contributed by atoms with Crippen molar-refractivity contribution in [1.29, 1.82) is 0 Å². The van der Waals surface area contributed by atoms with Gasteiger partial charge in [0.1, 0.15) is 11.8 Å². The van der Waals surface area contributed by atoms with E-state index in [4.69, 9.17) is 16.3 Å². The molecule has 4 rings (SSSR count). The van der Waals surface area contributed by atoms with Gasteiger partial charge in [0.2, 0.25) is 0 Å². The zero-order valence-electron chi connectivity index (χ0n) is 15.4. The Morgan fingerprint density at radius 1 is 1.26 bits per heavy atom. The van der Waals surface area contributed by atoms with Crippen LogP contribution in [0.1, 0.15) is 25.5 Å². The van der Waals surface area contributed by atoms with Gasteiger partial charge in [0.25, 0.3) is 0 Å². The van der Waals surface area contributed by atoms with Gasteiger partial charge in [-0.25, -0.2) is 15.0 Å². The Hall–Kier alpha value is -2.22. The van der Waals surface area contributed by atoms with E-state index in [1.165, 1.54) is 11.9 Å². The molecule has 1 fully saturated rings. The molecule has 0 aliphatic carbocycles. The SMILES string of the molecule is CC1(C)CN(C(CNc2ncnc3nc[nH]c23)c2ccc(Cl)cc2)CCO1. The fourth-order valence-electron chi connectivity index (χ4n) is 3.55. The van der Waals surface area contributed by atoms with Gasteiger partial charge in [0.05, 0.1) is 24.6 Å². The minimum Gasteiger partial charge on any atom is -0.373 e. The molecule has 1 aromatic carbocycles. The summed E-state index contributed by atoms with van der Waals surface area (Å²) >= 11 is 6.10. The van der Waals surface area contributed by atoms with Gasteiger partial charge in [-0.3, -0.25) is 4.90 Å². The van der Waals surface area contributed by atoms with E-state index < -0.39 is 0 Å². The lowest BCUT2D eigenvalue weighted by Gasteiger charge is -2.42. The van der Waals surface area contributed by atoms with Gasteiger partial charge in [0, 0.05) is 24.7 Å². The molecule has 1 saturated heterocycles. The smallest absolute Gasteiger partial charge is 0.182 e. The molecule has 1 aliphatic heterocycles. The number of H-pyrrole nitrogens is 1. The first kappa shape index (κ1) is 18.2. The van der Waals surface area contributed by atoms with Crippen LogP contribution in [0.25, 0.3) is 11.2 Å². The molecule has 7 nitrogen and oxygen atoms in total. The first-order valence-electron chi connectivity index (χ1n) is 9.03. The van der Waals surface area contributed by atoms with Crippen LogP contribution in [0.15, 0.2) is 36.9 Å². The quantitative estimate of drug-likeness (QED) is 0.700. The Morgan fingerprint density at radius 3 is 2.85 bits per heavy atom. The minimum atomic E-state index is -0.172. The molecule has 0 spiro atoms. The Balaban J connectivity index is 1.59. The second kappa shape index (κ2) is 7.42. The summed E-state index contributed by atoms with van der Waals surface area (Å²) in [5.74, 6) is 0.754. The van der Waals surface area contributed by atoms with Gasteiger partial charge in [-0.05, 0) is 31.5 Å². The maximum atomic E-state index is 6.10. The number of hydrogen-bond donors (Lipinski definition) is 2. The summed E-state index contributed by atoms with van der Waals surface area (Å²) in [6.45, 7) is 7.40. The topological polar surface area (TPSA) is 79.0 Å². The molecule has 3 heterocycles. The van der Waals surface area contributed by atoms with Crippen LogP contribution in [0.3, 0.4) is 0 Å². The summed E-state index contributed by atoms with van der Waals surface area (Å²) in [6.07, 6.45) is 3.16. The van der Waals surface area contributed by atoms with E-state index in [0.29, 0.717) is 12.2 Å². The standard InChI is InChI=1S/C19H23ClN6O/c1-19(2)10-26(7-8-27-19)15(13-3-5-14(20)6-4-13)9-21-17-16-18(23-11-22-16)25-12-24-17/h3-6,11-12,15H,7-10H2,1-2H3,(H2,21,22,23,24,25). The second-order valence-corrected chi connectivity index (χ2v) is 7.79. The molecule has 27 heavy (non-hydrogen) atoms. The molecule has 142 valence electrons. The molecule has 1 atom stereocenters. The monoisotopic (exact) mass is 386 g/mol. The summed E-state index contributed by atoms with van der Waals surface area (Å²) in [5.41, 5.74) is 2.51. The van der Waals surface area contributed by atoms with E-state index in [-0.39, 0.29) is 11.6 Å². The van der Waals surface area contributed by atoms with Crippen molar-refractivity contribution in [3.63, 3.8) is 0 Å². The van der Waals surface area contributed by atoms with Crippen LogP contribution in [0.4, 0.5) is 5.82 Å². The zero-order chi connectivity index (χ0) is 18.9. The van der Waals surface area contributed by atoms with Crippen LogP contribution in [0, 0.1) is 0 Å². The average Bonchev–Trinajstić information content (AvgIpc) is 3.12. The highest BCUT2D eigenvalue weighted by atomic mass is 35.5. The molecule has 0 amide bonds.